The fourth-order valence-corrected chi connectivity index (χ4v) is 2.06. The van der Waals surface area contributed by atoms with Crippen LogP contribution in [-0.4, -0.2) is 30.9 Å². The van der Waals surface area contributed by atoms with Gasteiger partial charge in [-0.15, -0.1) is 0 Å². The van der Waals surface area contributed by atoms with Crippen LogP contribution in [0.15, 0.2) is 24.3 Å². The van der Waals surface area contributed by atoms with Gasteiger partial charge in [0.05, 0.1) is 19.3 Å². The summed E-state index contributed by atoms with van der Waals surface area (Å²) in [5.41, 5.74) is 2.17. The van der Waals surface area contributed by atoms with E-state index in [1.807, 2.05) is 12.1 Å². The molecule has 2 atom stereocenters. The molecule has 0 radical (unpaired) electrons. The average Bonchev–Trinajstić information content (AvgIpc) is 2.30. The van der Waals surface area contributed by atoms with Gasteiger partial charge in [0.1, 0.15) is 0 Å². The molecule has 16 heavy (non-hydrogen) atoms. The summed E-state index contributed by atoms with van der Waals surface area (Å²) in [6.45, 7) is 6.48. The number of hydrogen-bond acceptors (Lipinski definition) is 3. The normalized spacial score (nSPS) is 23.2. The Hall–Kier alpha value is -1.06. The predicted molar refractivity (Wildman–Crippen MR) is 64.7 cm³/mol. The van der Waals surface area contributed by atoms with Crippen LogP contribution in [0.5, 0.6) is 0 Å². The van der Waals surface area contributed by atoms with Crippen molar-refractivity contribution in [3.8, 4) is 0 Å². The van der Waals surface area contributed by atoms with Crippen molar-refractivity contribution in [2.24, 2.45) is 0 Å². The smallest absolute Gasteiger partial charge is 0.0761 e. The van der Waals surface area contributed by atoms with Gasteiger partial charge in [0.25, 0.3) is 0 Å². The molecule has 0 spiro atoms. The van der Waals surface area contributed by atoms with Crippen molar-refractivity contribution < 1.29 is 9.84 Å². The molecular formula is C13H19NO2. The monoisotopic (exact) mass is 221 g/mol. The summed E-state index contributed by atoms with van der Waals surface area (Å²) < 4.78 is 5.41. The molecule has 1 aliphatic heterocycles. The minimum atomic E-state index is -0.392. The molecule has 0 aliphatic carbocycles. The molecule has 2 rings (SSSR count). The zero-order valence-electron chi connectivity index (χ0n) is 9.89. The number of anilines is 1. The summed E-state index contributed by atoms with van der Waals surface area (Å²) in [4.78, 5) is 2.34. The molecule has 1 aliphatic rings. The van der Waals surface area contributed by atoms with E-state index < -0.39 is 6.10 Å². The number of morpholine rings is 1. The SMILES string of the molecule is CC(O)c1ccc(N2CCOCC2C)cc1. The largest absolute Gasteiger partial charge is 0.389 e. The van der Waals surface area contributed by atoms with Crippen LogP contribution >= 0.6 is 0 Å². The maximum atomic E-state index is 9.44. The molecule has 3 nitrogen and oxygen atoms in total. The van der Waals surface area contributed by atoms with Crippen molar-refractivity contribution in [1.29, 1.82) is 0 Å². The van der Waals surface area contributed by atoms with E-state index in [0.717, 1.165) is 25.3 Å². The maximum Gasteiger partial charge on any atom is 0.0761 e. The first-order chi connectivity index (χ1) is 7.68. The van der Waals surface area contributed by atoms with Gasteiger partial charge in [0.2, 0.25) is 0 Å². The highest BCUT2D eigenvalue weighted by Crippen LogP contribution is 2.22. The third-order valence-corrected chi connectivity index (χ3v) is 3.07. The second kappa shape index (κ2) is 4.85. The zero-order valence-corrected chi connectivity index (χ0v) is 9.89. The minimum absolute atomic E-state index is 0.392. The number of hydrogen-bond donors (Lipinski definition) is 1. The van der Waals surface area contributed by atoms with Crippen LogP contribution in [0, 0.1) is 0 Å². The molecule has 0 amide bonds. The van der Waals surface area contributed by atoms with Crippen molar-refractivity contribution in [1.82, 2.24) is 0 Å². The average molecular weight is 221 g/mol. The molecule has 1 aromatic carbocycles. The Morgan fingerprint density at radius 3 is 2.62 bits per heavy atom. The molecule has 1 saturated heterocycles. The fraction of sp³-hybridized carbons (Fsp3) is 0.538. The lowest BCUT2D eigenvalue weighted by Gasteiger charge is -2.35. The maximum absolute atomic E-state index is 9.44. The molecule has 1 N–H and O–H groups in total. The Morgan fingerprint density at radius 1 is 1.38 bits per heavy atom. The summed E-state index contributed by atoms with van der Waals surface area (Å²) in [7, 11) is 0. The van der Waals surface area contributed by atoms with Crippen LogP contribution in [0.3, 0.4) is 0 Å². The quantitative estimate of drug-likeness (QED) is 0.828. The first kappa shape index (κ1) is 11.4. The summed E-state index contributed by atoms with van der Waals surface area (Å²) in [5.74, 6) is 0. The predicted octanol–water partition coefficient (Wildman–Crippen LogP) is 1.97. The van der Waals surface area contributed by atoms with Gasteiger partial charge in [-0.05, 0) is 31.5 Å². The van der Waals surface area contributed by atoms with E-state index in [2.05, 4.69) is 24.0 Å². The number of rotatable bonds is 2. The molecule has 3 heteroatoms. The zero-order chi connectivity index (χ0) is 11.5. The molecular weight excluding hydrogens is 202 g/mol. The van der Waals surface area contributed by atoms with Crippen LogP contribution in [0.1, 0.15) is 25.5 Å². The van der Waals surface area contributed by atoms with Crippen LogP contribution in [0.2, 0.25) is 0 Å². The van der Waals surface area contributed by atoms with Crippen molar-refractivity contribution >= 4 is 5.69 Å². The molecule has 2 unspecified atom stereocenters. The van der Waals surface area contributed by atoms with Gasteiger partial charge in [-0.2, -0.15) is 0 Å². The lowest BCUT2D eigenvalue weighted by Crippen LogP contribution is -2.43. The summed E-state index contributed by atoms with van der Waals surface area (Å²) >= 11 is 0. The van der Waals surface area contributed by atoms with Gasteiger partial charge in [0, 0.05) is 18.3 Å². The van der Waals surface area contributed by atoms with E-state index in [9.17, 15) is 5.11 Å². The minimum Gasteiger partial charge on any atom is -0.389 e. The van der Waals surface area contributed by atoms with Crippen molar-refractivity contribution in [3.63, 3.8) is 0 Å². The van der Waals surface area contributed by atoms with Crippen molar-refractivity contribution in [2.75, 3.05) is 24.7 Å². The molecule has 1 aromatic rings. The number of nitrogens with zero attached hydrogens (tertiary/aromatic N) is 1. The molecule has 1 fully saturated rings. The van der Waals surface area contributed by atoms with Gasteiger partial charge >= 0.3 is 0 Å². The second-order valence-electron chi connectivity index (χ2n) is 4.38. The molecule has 1 heterocycles. The number of aliphatic hydroxyl groups excluding tert-OH is 1. The van der Waals surface area contributed by atoms with Gasteiger partial charge in [-0.3, -0.25) is 0 Å². The first-order valence-corrected chi connectivity index (χ1v) is 5.81. The van der Waals surface area contributed by atoms with Crippen LogP contribution in [0.4, 0.5) is 5.69 Å². The molecule has 0 saturated carbocycles. The molecule has 88 valence electrons. The summed E-state index contributed by atoms with van der Waals surface area (Å²) in [6, 6.07) is 8.55. The molecule has 0 aromatic heterocycles. The van der Waals surface area contributed by atoms with E-state index in [0.29, 0.717) is 6.04 Å². The van der Waals surface area contributed by atoms with E-state index in [-0.39, 0.29) is 0 Å². The lowest BCUT2D eigenvalue weighted by atomic mass is 10.1. The van der Waals surface area contributed by atoms with Crippen LogP contribution in [-0.2, 0) is 4.74 Å². The Balaban J connectivity index is 2.14. The molecule has 0 bridgehead atoms. The third kappa shape index (κ3) is 2.36. The van der Waals surface area contributed by atoms with Crippen LogP contribution < -0.4 is 4.90 Å². The second-order valence-corrected chi connectivity index (χ2v) is 4.38. The van der Waals surface area contributed by atoms with Crippen molar-refractivity contribution in [3.05, 3.63) is 29.8 Å². The van der Waals surface area contributed by atoms with Gasteiger partial charge in [0.15, 0.2) is 0 Å². The fourth-order valence-electron chi connectivity index (χ4n) is 2.06. The Bertz CT molecular complexity index is 334. The lowest BCUT2D eigenvalue weighted by molar-refractivity contribution is 0.0989. The van der Waals surface area contributed by atoms with E-state index >= 15 is 0 Å². The summed E-state index contributed by atoms with van der Waals surface area (Å²) in [5, 5.41) is 9.44. The van der Waals surface area contributed by atoms with Gasteiger partial charge in [-0.1, -0.05) is 12.1 Å². The number of aliphatic hydroxyl groups is 1. The first-order valence-electron chi connectivity index (χ1n) is 5.81. The Morgan fingerprint density at radius 2 is 2.06 bits per heavy atom. The van der Waals surface area contributed by atoms with E-state index in [1.165, 1.54) is 5.69 Å². The summed E-state index contributed by atoms with van der Waals surface area (Å²) in [6.07, 6.45) is -0.392. The van der Waals surface area contributed by atoms with Crippen molar-refractivity contribution in [2.45, 2.75) is 26.0 Å². The third-order valence-electron chi connectivity index (χ3n) is 3.07. The highest BCUT2D eigenvalue weighted by molar-refractivity contribution is 5.49. The van der Waals surface area contributed by atoms with Gasteiger partial charge < -0.3 is 14.7 Å². The van der Waals surface area contributed by atoms with Gasteiger partial charge in [-0.25, -0.2) is 0 Å². The number of ether oxygens (including phenoxy) is 1. The standard InChI is InChI=1S/C13H19NO2/c1-10-9-16-8-7-14(10)13-5-3-12(4-6-13)11(2)15/h3-6,10-11,15H,7-9H2,1-2H3. The van der Waals surface area contributed by atoms with E-state index in [1.54, 1.807) is 6.92 Å². The van der Waals surface area contributed by atoms with Crippen LogP contribution in [0.25, 0.3) is 0 Å². The Labute approximate surface area is 96.6 Å². The Kier molecular flexibility index (Phi) is 3.46. The van der Waals surface area contributed by atoms with E-state index in [4.69, 9.17) is 4.74 Å². The highest BCUT2D eigenvalue weighted by Gasteiger charge is 2.18. The number of benzene rings is 1. The topological polar surface area (TPSA) is 32.7 Å². The highest BCUT2D eigenvalue weighted by atomic mass is 16.5.